The average molecular weight is 590 g/mol. The van der Waals surface area contributed by atoms with Crippen molar-refractivity contribution < 1.29 is 29.0 Å². The number of nitrogens with one attached hydrogen (secondary N) is 1. The first-order chi connectivity index (χ1) is 19.9. The molecule has 9 nitrogen and oxygen atoms in total. The number of benzene rings is 1. The van der Waals surface area contributed by atoms with Crippen LogP contribution < -0.4 is 5.32 Å². The maximum Gasteiger partial charge on any atom is 0.225 e. The first-order valence-electron chi connectivity index (χ1n) is 15.5. The van der Waals surface area contributed by atoms with Gasteiger partial charge >= 0.3 is 0 Å². The van der Waals surface area contributed by atoms with Crippen LogP contribution >= 0.6 is 0 Å². The summed E-state index contributed by atoms with van der Waals surface area (Å²) in [5.74, 6) is -0.424. The summed E-state index contributed by atoms with van der Waals surface area (Å²) in [6.45, 7) is 12.4. The number of hydrogen-bond acceptors (Lipinski definition) is 6. The molecule has 238 valence electrons. The van der Waals surface area contributed by atoms with Crippen molar-refractivity contribution in [2.24, 2.45) is 17.8 Å². The summed E-state index contributed by atoms with van der Waals surface area (Å²) in [5.41, 5.74) is 0.730. The van der Waals surface area contributed by atoms with Gasteiger partial charge < -0.3 is 29.7 Å². The Kier molecular flexibility index (Phi) is 14.4. The van der Waals surface area contributed by atoms with E-state index in [0.29, 0.717) is 13.0 Å². The number of methoxy groups -OCH3 is 2. The topological polar surface area (TPSA) is 108 Å². The molecule has 2 rings (SSSR count). The summed E-state index contributed by atoms with van der Waals surface area (Å²) in [5, 5.41) is 13.7. The SMILES string of the molecule is CC[C@H](C)C(C(CC(=O)N1CCCC1C(OC)C(C)C(=O)NC(C)C(O)c1ccccc1)OC)N(C)C(=O)CC(C)C. The number of nitrogens with zero attached hydrogens (tertiary/aromatic N) is 2. The van der Waals surface area contributed by atoms with E-state index in [1.807, 2.05) is 56.1 Å². The summed E-state index contributed by atoms with van der Waals surface area (Å²) < 4.78 is 11.8. The van der Waals surface area contributed by atoms with Gasteiger partial charge in [-0.2, -0.15) is 0 Å². The molecule has 1 aliphatic rings. The minimum absolute atomic E-state index is 0.0507. The molecule has 8 atom stereocenters. The van der Waals surface area contributed by atoms with Gasteiger partial charge in [-0.25, -0.2) is 0 Å². The maximum absolute atomic E-state index is 13.8. The second-order valence-corrected chi connectivity index (χ2v) is 12.4. The summed E-state index contributed by atoms with van der Waals surface area (Å²) in [6.07, 6.45) is 1.15. The maximum atomic E-state index is 13.8. The van der Waals surface area contributed by atoms with Crippen molar-refractivity contribution in [2.75, 3.05) is 27.8 Å². The van der Waals surface area contributed by atoms with Gasteiger partial charge in [-0.3, -0.25) is 14.4 Å². The van der Waals surface area contributed by atoms with Crippen LogP contribution in [-0.4, -0.2) is 90.8 Å². The minimum Gasteiger partial charge on any atom is -0.386 e. The second kappa shape index (κ2) is 17.0. The lowest BCUT2D eigenvalue weighted by atomic mass is 9.90. The Morgan fingerprint density at radius 1 is 1.05 bits per heavy atom. The fourth-order valence-electron chi connectivity index (χ4n) is 6.19. The van der Waals surface area contributed by atoms with Gasteiger partial charge in [-0.1, -0.05) is 71.4 Å². The number of carbonyl (C=O) groups is 3. The van der Waals surface area contributed by atoms with E-state index in [4.69, 9.17) is 9.47 Å². The van der Waals surface area contributed by atoms with Crippen molar-refractivity contribution in [1.82, 2.24) is 15.1 Å². The fourth-order valence-corrected chi connectivity index (χ4v) is 6.19. The van der Waals surface area contributed by atoms with Crippen molar-refractivity contribution in [3.63, 3.8) is 0 Å². The lowest BCUT2D eigenvalue weighted by Crippen LogP contribution is -2.53. The standard InChI is InChI=1S/C33H55N3O6/c1-10-22(4)30(35(7)28(37)19-21(2)3)27(41-8)20-29(38)36-18-14-17-26(36)32(42-9)23(5)33(40)34-24(6)31(39)25-15-12-11-13-16-25/h11-13,15-16,21-24,26-27,30-32,39H,10,14,17-20H2,1-9H3,(H,34,40)/t22-,23?,24?,26?,27?,30?,31?,32?/m0/s1. The van der Waals surface area contributed by atoms with Crippen LogP contribution in [0.25, 0.3) is 0 Å². The summed E-state index contributed by atoms with van der Waals surface area (Å²) >= 11 is 0. The van der Waals surface area contributed by atoms with Gasteiger partial charge in [0.25, 0.3) is 0 Å². The van der Waals surface area contributed by atoms with E-state index in [1.54, 1.807) is 33.0 Å². The minimum atomic E-state index is -0.845. The molecule has 1 heterocycles. The van der Waals surface area contributed by atoms with Crippen molar-refractivity contribution >= 4 is 17.7 Å². The number of hydrogen-bond donors (Lipinski definition) is 2. The Balaban J connectivity index is 2.15. The Morgan fingerprint density at radius 2 is 1.69 bits per heavy atom. The molecule has 0 aromatic heterocycles. The lowest BCUT2D eigenvalue weighted by molar-refractivity contribution is -0.146. The van der Waals surface area contributed by atoms with Crippen molar-refractivity contribution in [1.29, 1.82) is 0 Å². The third-order valence-electron chi connectivity index (χ3n) is 8.87. The van der Waals surface area contributed by atoms with E-state index >= 15 is 0 Å². The first kappa shape index (κ1) is 35.7. The number of amides is 3. The van der Waals surface area contributed by atoms with Crippen LogP contribution in [0.5, 0.6) is 0 Å². The van der Waals surface area contributed by atoms with Crippen molar-refractivity contribution in [3.05, 3.63) is 35.9 Å². The highest BCUT2D eigenvalue weighted by Gasteiger charge is 2.42. The first-order valence-corrected chi connectivity index (χ1v) is 15.5. The molecule has 0 spiro atoms. The van der Waals surface area contributed by atoms with E-state index in [2.05, 4.69) is 19.2 Å². The van der Waals surface area contributed by atoms with Gasteiger partial charge in [0.05, 0.1) is 48.8 Å². The van der Waals surface area contributed by atoms with Gasteiger partial charge in [0.1, 0.15) is 0 Å². The molecule has 3 amide bonds. The third kappa shape index (κ3) is 9.25. The number of aliphatic hydroxyl groups excluding tert-OH is 1. The molecule has 0 saturated carbocycles. The molecule has 0 radical (unpaired) electrons. The monoisotopic (exact) mass is 589 g/mol. The Bertz CT molecular complexity index is 989. The molecule has 7 unspecified atom stereocenters. The molecule has 1 aromatic carbocycles. The number of rotatable bonds is 16. The van der Waals surface area contributed by atoms with Crippen LogP contribution in [0, 0.1) is 17.8 Å². The highest BCUT2D eigenvalue weighted by atomic mass is 16.5. The highest BCUT2D eigenvalue weighted by molar-refractivity contribution is 5.81. The molecule has 1 aromatic rings. The predicted molar refractivity (Wildman–Crippen MR) is 165 cm³/mol. The quantitative estimate of drug-likeness (QED) is 0.299. The van der Waals surface area contributed by atoms with Crippen LogP contribution in [0.15, 0.2) is 30.3 Å². The lowest BCUT2D eigenvalue weighted by Gasteiger charge is -2.39. The van der Waals surface area contributed by atoms with E-state index in [1.165, 1.54) is 0 Å². The normalized spacial score (nSPS) is 20.4. The van der Waals surface area contributed by atoms with Gasteiger partial charge in [-0.05, 0) is 37.2 Å². The number of aliphatic hydroxyl groups is 1. The zero-order valence-electron chi connectivity index (χ0n) is 27.2. The van der Waals surface area contributed by atoms with Crippen LogP contribution in [0.4, 0.5) is 0 Å². The molecule has 0 bridgehead atoms. The number of ether oxygens (including phenoxy) is 2. The Morgan fingerprint density at radius 3 is 2.24 bits per heavy atom. The van der Waals surface area contributed by atoms with E-state index in [9.17, 15) is 19.5 Å². The van der Waals surface area contributed by atoms with Crippen LogP contribution in [-0.2, 0) is 23.9 Å². The molecular formula is C33H55N3O6. The van der Waals surface area contributed by atoms with E-state index < -0.39 is 30.3 Å². The van der Waals surface area contributed by atoms with Gasteiger partial charge in [0.15, 0.2) is 0 Å². The summed E-state index contributed by atoms with van der Waals surface area (Å²) in [6, 6.07) is 8.22. The van der Waals surface area contributed by atoms with Gasteiger partial charge in [-0.15, -0.1) is 0 Å². The number of likely N-dealkylation sites (tertiary alicyclic amines) is 1. The van der Waals surface area contributed by atoms with Crippen molar-refractivity contribution in [3.8, 4) is 0 Å². The van der Waals surface area contributed by atoms with E-state index in [0.717, 1.165) is 24.8 Å². The largest absolute Gasteiger partial charge is 0.386 e. The summed E-state index contributed by atoms with van der Waals surface area (Å²) in [4.78, 5) is 43.7. The third-order valence-corrected chi connectivity index (χ3v) is 8.87. The fraction of sp³-hybridized carbons (Fsp3) is 0.727. The van der Waals surface area contributed by atoms with Crippen LogP contribution in [0.3, 0.4) is 0 Å². The molecule has 1 saturated heterocycles. The molecule has 1 aliphatic heterocycles. The van der Waals surface area contributed by atoms with Crippen LogP contribution in [0.1, 0.15) is 85.3 Å². The molecule has 42 heavy (non-hydrogen) atoms. The average Bonchev–Trinajstić information content (AvgIpc) is 3.46. The van der Waals surface area contributed by atoms with Gasteiger partial charge in [0.2, 0.25) is 17.7 Å². The van der Waals surface area contributed by atoms with Crippen molar-refractivity contribution in [2.45, 2.75) is 110 Å². The predicted octanol–water partition coefficient (Wildman–Crippen LogP) is 4.19. The zero-order chi connectivity index (χ0) is 31.6. The van der Waals surface area contributed by atoms with Gasteiger partial charge in [0, 0.05) is 34.2 Å². The molecule has 1 fully saturated rings. The molecule has 9 heteroatoms. The summed E-state index contributed by atoms with van der Waals surface area (Å²) in [7, 11) is 4.99. The van der Waals surface area contributed by atoms with E-state index in [-0.39, 0.29) is 48.1 Å². The number of carbonyl (C=O) groups excluding carboxylic acids is 3. The molecular weight excluding hydrogens is 534 g/mol. The highest BCUT2D eigenvalue weighted by Crippen LogP contribution is 2.30. The van der Waals surface area contributed by atoms with Crippen LogP contribution in [0.2, 0.25) is 0 Å². The molecule has 2 N–H and O–H groups in total. The second-order valence-electron chi connectivity index (χ2n) is 12.4. The smallest absolute Gasteiger partial charge is 0.225 e. The molecule has 0 aliphatic carbocycles. The Hall–Kier alpha value is -2.49. The zero-order valence-corrected chi connectivity index (χ0v) is 27.2. The Labute approximate surface area is 253 Å². The number of likely N-dealkylation sites (N-methyl/N-ethyl adjacent to an activating group) is 1.